The number of amides is 1. The topological polar surface area (TPSA) is 75.6 Å². The fourth-order valence-corrected chi connectivity index (χ4v) is 4.82. The van der Waals surface area contributed by atoms with Gasteiger partial charge in [-0.1, -0.05) is 61.4 Å². The van der Waals surface area contributed by atoms with Crippen LogP contribution in [0.25, 0.3) is 11.1 Å². The van der Waals surface area contributed by atoms with Crippen LogP contribution in [0.4, 0.5) is 4.79 Å². The highest BCUT2D eigenvalue weighted by molar-refractivity contribution is 5.79. The van der Waals surface area contributed by atoms with E-state index in [1.54, 1.807) is 0 Å². The molecule has 0 aliphatic heterocycles. The number of benzene rings is 2. The van der Waals surface area contributed by atoms with Crippen molar-refractivity contribution in [2.45, 2.75) is 50.5 Å². The molecule has 4 rings (SSSR count). The second-order valence-electron chi connectivity index (χ2n) is 8.13. The van der Waals surface area contributed by atoms with Gasteiger partial charge in [0.05, 0.1) is 0 Å². The Hall–Kier alpha value is -2.82. The number of nitrogens with one attached hydrogen (secondary N) is 1. The first-order valence-corrected chi connectivity index (χ1v) is 10.4. The predicted octanol–water partition coefficient (Wildman–Crippen LogP) is 4.95. The minimum atomic E-state index is -0.753. The second kappa shape index (κ2) is 8.68. The van der Waals surface area contributed by atoms with E-state index < -0.39 is 5.97 Å². The number of fused-ring (bicyclic) bond motifs is 3. The molecule has 5 nitrogen and oxygen atoms in total. The van der Waals surface area contributed by atoms with Crippen molar-refractivity contribution in [1.29, 1.82) is 0 Å². The van der Waals surface area contributed by atoms with Crippen molar-refractivity contribution in [3.05, 3.63) is 59.7 Å². The maximum Gasteiger partial charge on any atom is 0.407 e. The van der Waals surface area contributed by atoms with Crippen molar-refractivity contribution >= 4 is 12.1 Å². The number of carboxylic acids is 1. The van der Waals surface area contributed by atoms with E-state index in [9.17, 15) is 9.59 Å². The molecule has 0 radical (unpaired) electrons. The Morgan fingerprint density at radius 3 is 2.31 bits per heavy atom. The molecule has 2 N–H and O–H groups in total. The van der Waals surface area contributed by atoms with Gasteiger partial charge in [-0.15, -0.1) is 0 Å². The van der Waals surface area contributed by atoms with E-state index in [-0.39, 0.29) is 24.5 Å². The second-order valence-corrected chi connectivity index (χ2v) is 8.13. The van der Waals surface area contributed by atoms with Gasteiger partial charge in [-0.05, 0) is 47.4 Å². The fourth-order valence-electron chi connectivity index (χ4n) is 4.82. The number of hydrogen-bond acceptors (Lipinski definition) is 3. The molecular weight excluding hydrogens is 366 g/mol. The molecule has 2 aliphatic carbocycles. The highest BCUT2D eigenvalue weighted by Gasteiger charge is 2.30. The average molecular weight is 393 g/mol. The summed E-state index contributed by atoms with van der Waals surface area (Å²) in [6, 6.07) is 16.6. The maximum absolute atomic E-state index is 12.4. The highest BCUT2D eigenvalue weighted by atomic mass is 16.5. The van der Waals surface area contributed by atoms with Gasteiger partial charge in [0.15, 0.2) is 0 Å². The maximum atomic E-state index is 12.4. The van der Waals surface area contributed by atoms with Crippen LogP contribution in [0.15, 0.2) is 48.5 Å². The van der Waals surface area contributed by atoms with E-state index >= 15 is 0 Å². The Labute approximate surface area is 171 Å². The smallest absolute Gasteiger partial charge is 0.407 e. The molecule has 2 unspecified atom stereocenters. The number of hydrogen-bond donors (Lipinski definition) is 2. The molecule has 2 aliphatic rings. The van der Waals surface area contributed by atoms with Crippen LogP contribution in [0, 0.1) is 5.92 Å². The first-order chi connectivity index (χ1) is 14.1. The SMILES string of the molecule is O=C(O)CCC1CCCC(NC(=O)OCC2c3ccccc3-c3ccccc32)C1. The third-order valence-corrected chi connectivity index (χ3v) is 6.21. The summed E-state index contributed by atoms with van der Waals surface area (Å²) in [5.74, 6) is -0.335. The minimum Gasteiger partial charge on any atom is -0.481 e. The summed E-state index contributed by atoms with van der Waals surface area (Å²) in [5, 5.41) is 11.9. The lowest BCUT2D eigenvalue weighted by molar-refractivity contribution is -0.137. The number of ether oxygens (including phenoxy) is 1. The molecule has 0 spiro atoms. The van der Waals surface area contributed by atoms with Gasteiger partial charge >= 0.3 is 12.1 Å². The van der Waals surface area contributed by atoms with E-state index in [2.05, 4.69) is 29.6 Å². The molecule has 2 aromatic carbocycles. The van der Waals surface area contributed by atoms with Crippen LogP contribution in [0.2, 0.25) is 0 Å². The molecule has 1 fully saturated rings. The Morgan fingerprint density at radius 2 is 1.66 bits per heavy atom. The summed E-state index contributed by atoms with van der Waals surface area (Å²) in [6.07, 6.45) is 4.30. The van der Waals surface area contributed by atoms with Crippen molar-refractivity contribution < 1.29 is 19.4 Å². The number of alkyl carbamates (subject to hydrolysis) is 1. The number of carbonyl (C=O) groups excluding carboxylic acids is 1. The molecule has 2 aromatic rings. The summed E-state index contributed by atoms with van der Waals surface area (Å²) < 4.78 is 5.63. The van der Waals surface area contributed by atoms with Gasteiger partial charge in [0.1, 0.15) is 6.61 Å². The fraction of sp³-hybridized carbons (Fsp3) is 0.417. The van der Waals surface area contributed by atoms with Crippen molar-refractivity contribution in [3.63, 3.8) is 0 Å². The Morgan fingerprint density at radius 1 is 1.00 bits per heavy atom. The number of rotatable bonds is 6. The summed E-state index contributed by atoms with van der Waals surface area (Å²) in [6.45, 7) is 0.315. The normalized spacial score (nSPS) is 20.6. The molecule has 2 atom stereocenters. The van der Waals surface area contributed by atoms with Crippen LogP contribution in [-0.4, -0.2) is 29.8 Å². The third-order valence-electron chi connectivity index (χ3n) is 6.21. The molecule has 5 heteroatoms. The van der Waals surface area contributed by atoms with Crippen LogP contribution in [0.1, 0.15) is 55.6 Å². The van der Waals surface area contributed by atoms with Crippen molar-refractivity contribution in [3.8, 4) is 11.1 Å². The van der Waals surface area contributed by atoms with Crippen molar-refractivity contribution in [2.75, 3.05) is 6.61 Å². The standard InChI is InChI=1S/C24H27NO4/c26-23(27)13-12-16-6-5-7-17(14-16)25-24(28)29-15-22-20-10-3-1-8-18(20)19-9-2-4-11-21(19)22/h1-4,8-11,16-17,22H,5-7,12-15H2,(H,25,28)(H,26,27). The molecule has 152 valence electrons. The molecule has 0 heterocycles. The van der Waals surface area contributed by atoms with E-state index in [0.29, 0.717) is 18.9 Å². The average Bonchev–Trinajstić information content (AvgIpc) is 3.05. The van der Waals surface area contributed by atoms with Crippen molar-refractivity contribution in [2.24, 2.45) is 5.92 Å². The van der Waals surface area contributed by atoms with E-state index in [1.807, 2.05) is 24.3 Å². The lowest BCUT2D eigenvalue weighted by Gasteiger charge is -2.29. The first kappa shape index (κ1) is 19.5. The molecule has 0 saturated heterocycles. The van der Waals surface area contributed by atoms with Gasteiger partial charge in [-0.3, -0.25) is 4.79 Å². The zero-order valence-corrected chi connectivity index (χ0v) is 16.5. The highest BCUT2D eigenvalue weighted by Crippen LogP contribution is 2.44. The molecule has 29 heavy (non-hydrogen) atoms. The van der Waals surface area contributed by atoms with Gasteiger partial charge in [0.2, 0.25) is 0 Å². The van der Waals surface area contributed by atoms with Gasteiger partial charge in [0, 0.05) is 18.4 Å². The van der Waals surface area contributed by atoms with Gasteiger partial charge in [-0.2, -0.15) is 0 Å². The quantitative estimate of drug-likeness (QED) is 0.728. The molecule has 1 amide bonds. The Balaban J connectivity index is 1.34. The zero-order valence-electron chi connectivity index (χ0n) is 16.5. The van der Waals surface area contributed by atoms with Crippen LogP contribution in [-0.2, 0) is 9.53 Å². The number of carbonyl (C=O) groups is 2. The summed E-state index contributed by atoms with van der Waals surface area (Å²) in [7, 11) is 0. The van der Waals surface area contributed by atoms with Crippen LogP contribution < -0.4 is 5.32 Å². The molecular formula is C24H27NO4. The Bertz CT molecular complexity index is 848. The minimum absolute atomic E-state index is 0.0582. The van der Waals surface area contributed by atoms with Crippen LogP contribution >= 0.6 is 0 Å². The third kappa shape index (κ3) is 4.44. The van der Waals surface area contributed by atoms with Gasteiger partial charge in [-0.25, -0.2) is 4.79 Å². The largest absolute Gasteiger partial charge is 0.481 e. The number of aliphatic carboxylic acids is 1. The predicted molar refractivity (Wildman–Crippen MR) is 111 cm³/mol. The summed E-state index contributed by atoms with van der Waals surface area (Å²) in [4.78, 5) is 23.2. The molecule has 0 aromatic heterocycles. The lowest BCUT2D eigenvalue weighted by Crippen LogP contribution is -2.39. The molecule has 0 bridgehead atoms. The Kier molecular flexibility index (Phi) is 5.84. The van der Waals surface area contributed by atoms with Gasteiger partial charge in [0.25, 0.3) is 0 Å². The number of carboxylic acid groups (broad SMARTS) is 1. The molecule has 1 saturated carbocycles. The van der Waals surface area contributed by atoms with Crippen LogP contribution in [0.5, 0.6) is 0 Å². The van der Waals surface area contributed by atoms with E-state index in [1.165, 1.54) is 22.3 Å². The zero-order chi connectivity index (χ0) is 20.2. The summed E-state index contributed by atoms with van der Waals surface area (Å²) in [5.41, 5.74) is 4.83. The summed E-state index contributed by atoms with van der Waals surface area (Å²) >= 11 is 0. The van der Waals surface area contributed by atoms with Gasteiger partial charge < -0.3 is 15.2 Å². The van der Waals surface area contributed by atoms with Crippen LogP contribution in [0.3, 0.4) is 0 Å². The lowest BCUT2D eigenvalue weighted by atomic mass is 9.83. The first-order valence-electron chi connectivity index (χ1n) is 10.4. The monoisotopic (exact) mass is 393 g/mol. The van der Waals surface area contributed by atoms with Crippen molar-refractivity contribution in [1.82, 2.24) is 5.32 Å². The van der Waals surface area contributed by atoms with E-state index in [4.69, 9.17) is 9.84 Å². The van der Waals surface area contributed by atoms with E-state index in [0.717, 1.165) is 25.7 Å².